The third-order valence-electron chi connectivity index (χ3n) is 7.72. The Labute approximate surface area is 215 Å². The van der Waals surface area contributed by atoms with E-state index in [1.807, 2.05) is 0 Å². The van der Waals surface area contributed by atoms with Gasteiger partial charge in [-0.2, -0.15) is 0 Å². The molecule has 0 aliphatic heterocycles. The van der Waals surface area contributed by atoms with Gasteiger partial charge in [0.15, 0.2) is 0 Å². The Hall–Kier alpha value is -0.746. The largest absolute Gasteiger partial charge is 0.543 e. The molecule has 0 N–H and O–H groups in total. The summed E-state index contributed by atoms with van der Waals surface area (Å²) in [5.74, 6) is 2.16. The predicted molar refractivity (Wildman–Crippen MR) is 157 cm³/mol. The van der Waals surface area contributed by atoms with Gasteiger partial charge in [-0.3, -0.25) is 0 Å². The number of hydrogen-bond acceptors (Lipinski definition) is 2. The van der Waals surface area contributed by atoms with E-state index in [1.165, 1.54) is 113 Å². The van der Waals surface area contributed by atoms with E-state index in [1.54, 1.807) is 0 Å². The maximum Gasteiger partial charge on any atom is 0.251 e. The molecule has 0 aromatic heterocycles. The molecular formula is C30H58O2Si2. The lowest BCUT2D eigenvalue weighted by Crippen LogP contribution is -2.41. The molecule has 0 amide bonds. The normalized spacial score (nSPS) is 12.2. The Bertz CT molecular complexity index is 529. The fraction of sp³-hybridized carbons (Fsp3) is 0.800. The van der Waals surface area contributed by atoms with Crippen molar-refractivity contribution in [1.29, 1.82) is 0 Å². The second-order valence-corrected chi connectivity index (χ2v) is 19.1. The molecule has 0 heterocycles. The predicted octanol–water partition coefficient (Wildman–Crippen LogP) is 11.1. The van der Waals surface area contributed by atoms with E-state index < -0.39 is 16.6 Å². The van der Waals surface area contributed by atoms with E-state index in [2.05, 4.69) is 65.8 Å². The van der Waals surface area contributed by atoms with Gasteiger partial charge in [0, 0.05) is 0 Å². The summed E-state index contributed by atoms with van der Waals surface area (Å²) >= 11 is 0. The van der Waals surface area contributed by atoms with Crippen LogP contribution in [0.1, 0.15) is 119 Å². The van der Waals surface area contributed by atoms with Gasteiger partial charge in [0.2, 0.25) is 0 Å². The molecule has 198 valence electrons. The highest BCUT2D eigenvalue weighted by Gasteiger charge is 2.35. The monoisotopic (exact) mass is 506 g/mol. The van der Waals surface area contributed by atoms with E-state index >= 15 is 0 Å². The minimum Gasteiger partial charge on any atom is -0.543 e. The summed E-state index contributed by atoms with van der Waals surface area (Å²) in [7, 11) is -3.46. The van der Waals surface area contributed by atoms with Gasteiger partial charge in [-0.15, -0.1) is 0 Å². The van der Waals surface area contributed by atoms with Crippen LogP contribution in [0.25, 0.3) is 0 Å². The molecule has 1 aromatic rings. The van der Waals surface area contributed by atoms with E-state index in [0.29, 0.717) is 0 Å². The Morgan fingerprint density at radius 3 is 0.912 bits per heavy atom. The molecule has 0 atom stereocenters. The van der Waals surface area contributed by atoms with Crippen molar-refractivity contribution in [2.45, 2.75) is 155 Å². The molecule has 0 fully saturated rings. The van der Waals surface area contributed by atoms with Crippen molar-refractivity contribution < 1.29 is 8.85 Å². The van der Waals surface area contributed by atoms with Crippen LogP contribution in [0.4, 0.5) is 0 Å². The molecule has 0 unspecified atom stereocenters. The molecule has 0 saturated heterocycles. The second kappa shape index (κ2) is 18.5. The lowest BCUT2D eigenvalue weighted by atomic mass is 10.3. The molecule has 4 heteroatoms. The van der Waals surface area contributed by atoms with Gasteiger partial charge in [-0.05, 0) is 60.5 Å². The summed E-state index contributed by atoms with van der Waals surface area (Å²) < 4.78 is 13.8. The maximum absolute atomic E-state index is 6.91. The lowest BCUT2D eigenvalue weighted by Gasteiger charge is -2.33. The maximum atomic E-state index is 6.91. The first kappa shape index (κ1) is 31.3. The van der Waals surface area contributed by atoms with Crippen LogP contribution in [0.3, 0.4) is 0 Å². The minimum absolute atomic E-state index is 1.08. The van der Waals surface area contributed by atoms with E-state index in [4.69, 9.17) is 8.85 Å². The minimum atomic E-state index is -1.73. The fourth-order valence-electron chi connectivity index (χ4n) is 5.17. The quantitative estimate of drug-likeness (QED) is 0.115. The zero-order valence-corrected chi connectivity index (χ0v) is 25.9. The first-order valence-corrected chi connectivity index (χ1v) is 20.1. The second-order valence-electron chi connectivity index (χ2n) is 10.6. The summed E-state index contributed by atoms with van der Waals surface area (Å²) in [4.78, 5) is 0. The van der Waals surface area contributed by atoms with Crippen molar-refractivity contribution in [3.05, 3.63) is 24.3 Å². The molecule has 34 heavy (non-hydrogen) atoms. The highest BCUT2D eigenvalue weighted by atomic mass is 28.4. The van der Waals surface area contributed by atoms with Crippen molar-refractivity contribution in [1.82, 2.24) is 0 Å². The summed E-state index contributed by atoms with van der Waals surface area (Å²) in [6, 6.07) is 16.5. The van der Waals surface area contributed by atoms with Gasteiger partial charge < -0.3 is 8.85 Å². The highest BCUT2D eigenvalue weighted by Crippen LogP contribution is 2.33. The number of rotatable bonds is 22. The average molecular weight is 507 g/mol. The van der Waals surface area contributed by atoms with Crippen molar-refractivity contribution in [3.8, 4) is 11.5 Å². The first-order chi connectivity index (χ1) is 16.5. The summed E-state index contributed by atoms with van der Waals surface area (Å²) in [5.41, 5.74) is 0. The van der Waals surface area contributed by atoms with Crippen LogP contribution in [0.2, 0.25) is 36.3 Å². The molecule has 0 bridgehead atoms. The molecule has 0 spiro atoms. The number of unbranched alkanes of at least 4 members (excludes halogenated alkanes) is 8. The highest BCUT2D eigenvalue weighted by molar-refractivity contribution is 6.74. The van der Waals surface area contributed by atoms with E-state index in [-0.39, 0.29) is 0 Å². The Morgan fingerprint density at radius 2 is 0.706 bits per heavy atom. The van der Waals surface area contributed by atoms with Crippen LogP contribution in [0, 0.1) is 0 Å². The molecule has 2 nitrogen and oxygen atoms in total. The molecule has 0 aliphatic rings. The number of benzene rings is 1. The lowest BCUT2D eigenvalue weighted by molar-refractivity contribution is 0.502. The van der Waals surface area contributed by atoms with Crippen molar-refractivity contribution in [2.75, 3.05) is 0 Å². The Kier molecular flexibility index (Phi) is 17.0. The van der Waals surface area contributed by atoms with Crippen molar-refractivity contribution in [3.63, 3.8) is 0 Å². The van der Waals surface area contributed by atoms with E-state index in [0.717, 1.165) is 11.5 Å². The van der Waals surface area contributed by atoms with Crippen LogP contribution < -0.4 is 8.85 Å². The molecule has 0 saturated carbocycles. The zero-order chi connectivity index (χ0) is 25.1. The van der Waals surface area contributed by atoms with Gasteiger partial charge >= 0.3 is 0 Å². The molecule has 0 radical (unpaired) electrons. The van der Waals surface area contributed by atoms with Crippen molar-refractivity contribution >= 4 is 16.6 Å². The summed E-state index contributed by atoms with van der Waals surface area (Å²) in [6.07, 6.45) is 15.8. The molecule has 1 rings (SSSR count). The molecule has 0 aliphatic carbocycles. The van der Waals surface area contributed by atoms with E-state index in [9.17, 15) is 0 Å². The van der Waals surface area contributed by atoms with Gasteiger partial charge in [0.25, 0.3) is 16.6 Å². The van der Waals surface area contributed by atoms with Gasteiger partial charge in [0.1, 0.15) is 11.5 Å². The van der Waals surface area contributed by atoms with Crippen LogP contribution in [0.15, 0.2) is 24.3 Å². The fourth-order valence-corrected chi connectivity index (χ4v) is 12.6. The van der Waals surface area contributed by atoms with Gasteiger partial charge in [0.05, 0.1) is 0 Å². The molecule has 1 aromatic carbocycles. The van der Waals surface area contributed by atoms with Crippen molar-refractivity contribution in [2.24, 2.45) is 0 Å². The number of hydrogen-bond donors (Lipinski definition) is 0. The topological polar surface area (TPSA) is 18.5 Å². The smallest absolute Gasteiger partial charge is 0.251 e. The van der Waals surface area contributed by atoms with Gasteiger partial charge in [-0.25, -0.2) is 0 Å². The van der Waals surface area contributed by atoms with Crippen LogP contribution >= 0.6 is 0 Å². The van der Waals surface area contributed by atoms with Crippen LogP contribution in [0.5, 0.6) is 11.5 Å². The Balaban J connectivity index is 2.93. The Morgan fingerprint density at radius 1 is 0.441 bits per heavy atom. The first-order valence-electron chi connectivity index (χ1n) is 15.0. The van der Waals surface area contributed by atoms with Crippen LogP contribution in [-0.2, 0) is 0 Å². The summed E-state index contributed by atoms with van der Waals surface area (Å²) in [6.45, 7) is 13.9. The zero-order valence-electron chi connectivity index (χ0n) is 23.9. The standard InChI is InChI=1S/C30H58O2Si2/c1-7-13-17-25-33(11-5,26-18-14-8-2)31-29-21-23-30(24-22-29)32-34(12-6,27-19-15-9-3)28-20-16-10-4/h21-24H,7-20,25-28H2,1-6H3. The molecular weight excluding hydrogens is 449 g/mol. The summed E-state index contributed by atoms with van der Waals surface area (Å²) in [5, 5.41) is 0. The van der Waals surface area contributed by atoms with Gasteiger partial charge in [-0.1, -0.05) is 119 Å². The SMILES string of the molecule is CCCCC[Si](CC)(CCCCC)Oc1ccc(O[Si](CC)(CCCCC)CCCCC)cc1. The van der Waals surface area contributed by atoms with Crippen LogP contribution in [-0.4, -0.2) is 16.6 Å². The third kappa shape index (κ3) is 11.8. The third-order valence-corrected chi connectivity index (χ3v) is 16.7. The average Bonchev–Trinajstić information content (AvgIpc) is 2.85.